The fourth-order valence-electron chi connectivity index (χ4n) is 4.03. The normalized spacial score (nSPS) is 20.4. The third-order valence-corrected chi connectivity index (χ3v) is 5.36. The Morgan fingerprint density at radius 3 is 2.86 bits per heavy atom. The molecule has 150 valence electrons. The van der Waals surface area contributed by atoms with Gasteiger partial charge in [-0.15, -0.1) is 0 Å². The maximum atomic E-state index is 13.3. The summed E-state index contributed by atoms with van der Waals surface area (Å²) in [6.45, 7) is -0.450. The number of urea groups is 1. The highest BCUT2D eigenvalue weighted by molar-refractivity contribution is 6.10. The van der Waals surface area contributed by atoms with Gasteiger partial charge in [-0.1, -0.05) is 12.1 Å². The summed E-state index contributed by atoms with van der Waals surface area (Å²) in [4.78, 5) is 39.0. The van der Waals surface area contributed by atoms with Gasteiger partial charge in [0.1, 0.15) is 23.7 Å². The summed E-state index contributed by atoms with van der Waals surface area (Å²) < 4.78 is 18.5. The molecule has 2 aliphatic rings. The highest BCUT2D eigenvalue weighted by atomic mass is 19.1. The Morgan fingerprint density at radius 2 is 2.10 bits per heavy atom. The fraction of sp³-hybridized carbons (Fsp3) is 0.286. The van der Waals surface area contributed by atoms with Crippen LogP contribution in [0, 0.1) is 5.82 Å². The topological polar surface area (TPSA) is 87.7 Å². The number of methoxy groups -OCH3 is 1. The van der Waals surface area contributed by atoms with E-state index in [1.54, 1.807) is 19.2 Å². The van der Waals surface area contributed by atoms with E-state index in [0.29, 0.717) is 12.2 Å². The molecular weight excluding hydrogens is 377 g/mol. The molecule has 2 aromatic rings. The predicted octanol–water partition coefficient (Wildman–Crippen LogP) is 2.56. The molecule has 0 saturated carbocycles. The molecule has 2 aromatic carbocycles. The molecule has 4 rings (SSSR count). The van der Waals surface area contributed by atoms with E-state index in [2.05, 4.69) is 10.6 Å². The van der Waals surface area contributed by atoms with Crippen molar-refractivity contribution in [3.63, 3.8) is 0 Å². The number of hydrogen-bond acceptors (Lipinski definition) is 4. The van der Waals surface area contributed by atoms with Gasteiger partial charge in [-0.05, 0) is 60.7 Å². The summed E-state index contributed by atoms with van der Waals surface area (Å²) in [5, 5.41) is 5.30. The number of carbonyl (C=O) groups is 3. The molecular formula is C21H20FN3O4. The van der Waals surface area contributed by atoms with E-state index in [0.717, 1.165) is 34.9 Å². The minimum absolute atomic E-state index is 0.256. The van der Waals surface area contributed by atoms with Crippen molar-refractivity contribution in [2.45, 2.75) is 24.8 Å². The van der Waals surface area contributed by atoms with E-state index >= 15 is 0 Å². The second-order valence-electron chi connectivity index (χ2n) is 7.16. The Labute approximate surface area is 166 Å². The van der Waals surface area contributed by atoms with Gasteiger partial charge in [0.15, 0.2) is 0 Å². The highest BCUT2D eigenvalue weighted by Gasteiger charge is 2.54. The molecule has 1 spiro atoms. The Morgan fingerprint density at radius 1 is 1.28 bits per heavy atom. The molecule has 0 radical (unpaired) electrons. The van der Waals surface area contributed by atoms with Crippen LogP contribution in [0.2, 0.25) is 0 Å². The minimum Gasteiger partial charge on any atom is -0.497 e. The SMILES string of the molecule is COc1ccc2c(c1)CCC[C@@]21NC(=O)N(CC(=O)Nc2cccc(F)c2)C1=O. The van der Waals surface area contributed by atoms with E-state index in [9.17, 15) is 18.8 Å². The molecule has 7 nitrogen and oxygen atoms in total. The Kier molecular flexibility index (Phi) is 4.70. The highest BCUT2D eigenvalue weighted by Crippen LogP contribution is 2.41. The Hall–Kier alpha value is -3.42. The van der Waals surface area contributed by atoms with Crippen molar-refractivity contribution in [2.75, 3.05) is 19.0 Å². The summed E-state index contributed by atoms with van der Waals surface area (Å²) in [5.41, 5.74) is 0.758. The molecule has 1 saturated heterocycles. The number of amides is 4. The standard InChI is InChI=1S/C21H20FN3O4/c1-29-16-7-8-17-13(10-16)4-3-9-21(17)19(27)25(20(28)24-21)12-18(26)23-15-6-2-5-14(22)11-15/h2,5-8,10-11H,3-4,9,12H2,1H3,(H,23,26)(H,24,28)/t21-/m1/s1. The first-order valence-corrected chi connectivity index (χ1v) is 9.30. The maximum absolute atomic E-state index is 13.3. The van der Waals surface area contributed by atoms with Crippen LogP contribution < -0.4 is 15.4 Å². The number of rotatable bonds is 4. The number of aryl methyl sites for hydroxylation is 1. The van der Waals surface area contributed by atoms with Crippen LogP contribution in [0.4, 0.5) is 14.9 Å². The molecule has 1 fully saturated rings. The van der Waals surface area contributed by atoms with Gasteiger partial charge in [0.05, 0.1) is 7.11 Å². The van der Waals surface area contributed by atoms with Crippen molar-refractivity contribution in [1.82, 2.24) is 10.2 Å². The van der Waals surface area contributed by atoms with Crippen LogP contribution in [0.25, 0.3) is 0 Å². The van der Waals surface area contributed by atoms with E-state index in [1.165, 1.54) is 18.2 Å². The minimum atomic E-state index is -1.17. The zero-order valence-electron chi connectivity index (χ0n) is 15.8. The quantitative estimate of drug-likeness (QED) is 0.777. The van der Waals surface area contributed by atoms with Gasteiger partial charge in [0.2, 0.25) is 5.91 Å². The first-order chi connectivity index (χ1) is 13.9. The number of fused-ring (bicyclic) bond motifs is 2. The van der Waals surface area contributed by atoms with E-state index in [4.69, 9.17) is 4.74 Å². The molecule has 1 aliphatic heterocycles. The number of nitrogens with zero attached hydrogens (tertiary/aromatic N) is 1. The second-order valence-corrected chi connectivity index (χ2v) is 7.16. The van der Waals surface area contributed by atoms with Gasteiger partial charge < -0.3 is 15.4 Å². The lowest BCUT2D eigenvalue weighted by molar-refractivity contribution is -0.134. The van der Waals surface area contributed by atoms with Gasteiger partial charge in [-0.25, -0.2) is 9.18 Å². The van der Waals surface area contributed by atoms with Crippen molar-refractivity contribution < 1.29 is 23.5 Å². The molecule has 0 bridgehead atoms. The number of carbonyl (C=O) groups excluding carboxylic acids is 3. The molecule has 1 aliphatic carbocycles. The van der Waals surface area contributed by atoms with Crippen LogP contribution in [-0.4, -0.2) is 36.4 Å². The molecule has 2 N–H and O–H groups in total. The van der Waals surface area contributed by atoms with E-state index < -0.39 is 35.7 Å². The zero-order valence-corrected chi connectivity index (χ0v) is 15.8. The van der Waals surface area contributed by atoms with Crippen LogP contribution in [0.1, 0.15) is 24.0 Å². The van der Waals surface area contributed by atoms with Gasteiger partial charge in [-0.2, -0.15) is 0 Å². The van der Waals surface area contributed by atoms with Crippen molar-refractivity contribution in [1.29, 1.82) is 0 Å². The molecule has 4 amide bonds. The predicted molar refractivity (Wildman–Crippen MR) is 103 cm³/mol. The van der Waals surface area contributed by atoms with Gasteiger partial charge >= 0.3 is 6.03 Å². The summed E-state index contributed by atoms with van der Waals surface area (Å²) in [6, 6.07) is 10.2. The lowest BCUT2D eigenvalue weighted by Crippen LogP contribution is -2.47. The van der Waals surface area contributed by atoms with Crippen molar-refractivity contribution >= 4 is 23.5 Å². The van der Waals surface area contributed by atoms with E-state index in [1.807, 2.05) is 6.07 Å². The molecule has 1 atom stereocenters. The van der Waals surface area contributed by atoms with Gasteiger partial charge in [0, 0.05) is 5.69 Å². The average molecular weight is 397 g/mol. The Balaban J connectivity index is 1.56. The van der Waals surface area contributed by atoms with Gasteiger partial charge in [-0.3, -0.25) is 14.5 Å². The summed E-state index contributed by atoms with van der Waals surface area (Å²) in [5.74, 6) is -0.847. The van der Waals surface area contributed by atoms with Crippen molar-refractivity contribution in [2.24, 2.45) is 0 Å². The van der Waals surface area contributed by atoms with Crippen molar-refractivity contribution in [3.8, 4) is 5.75 Å². The molecule has 0 unspecified atom stereocenters. The number of benzene rings is 2. The zero-order chi connectivity index (χ0) is 20.6. The van der Waals surface area contributed by atoms with Crippen LogP contribution in [0.15, 0.2) is 42.5 Å². The number of hydrogen-bond donors (Lipinski definition) is 2. The Bertz CT molecular complexity index is 1010. The van der Waals surface area contributed by atoms with Crippen LogP contribution in [-0.2, 0) is 21.5 Å². The average Bonchev–Trinajstić information content (AvgIpc) is 2.92. The molecule has 0 aromatic heterocycles. The number of imide groups is 1. The third-order valence-electron chi connectivity index (χ3n) is 5.36. The first-order valence-electron chi connectivity index (χ1n) is 9.30. The lowest BCUT2D eigenvalue weighted by atomic mass is 9.76. The first kappa shape index (κ1) is 18.9. The number of anilines is 1. The summed E-state index contributed by atoms with van der Waals surface area (Å²) in [6.07, 6.45) is 1.95. The van der Waals surface area contributed by atoms with Crippen molar-refractivity contribution in [3.05, 3.63) is 59.4 Å². The van der Waals surface area contributed by atoms with E-state index in [-0.39, 0.29) is 5.69 Å². The largest absolute Gasteiger partial charge is 0.497 e. The van der Waals surface area contributed by atoms with Crippen LogP contribution in [0.5, 0.6) is 5.75 Å². The monoisotopic (exact) mass is 397 g/mol. The number of nitrogens with one attached hydrogen (secondary N) is 2. The third kappa shape index (κ3) is 3.30. The molecule has 29 heavy (non-hydrogen) atoms. The van der Waals surface area contributed by atoms with Crippen LogP contribution >= 0.6 is 0 Å². The summed E-state index contributed by atoms with van der Waals surface area (Å²) in [7, 11) is 1.57. The fourth-order valence-corrected chi connectivity index (χ4v) is 4.03. The smallest absolute Gasteiger partial charge is 0.325 e. The molecule has 1 heterocycles. The second kappa shape index (κ2) is 7.20. The van der Waals surface area contributed by atoms with Crippen LogP contribution in [0.3, 0.4) is 0 Å². The summed E-state index contributed by atoms with van der Waals surface area (Å²) >= 11 is 0. The number of ether oxygens (including phenoxy) is 1. The number of halogens is 1. The molecule has 8 heteroatoms. The maximum Gasteiger partial charge on any atom is 0.325 e. The van der Waals surface area contributed by atoms with Gasteiger partial charge in [0.25, 0.3) is 5.91 Å². The lowest BCUT2D eigenvalue weighted by Gasteiger charge is -2.33.